The molecular weight excluding hydrogens is 124 g/mol. The first kappa shape index (κ1) is 6.30. The summed E-state index contributed by atoms with van der Waals surface area (Å²) >= 11 is 0. The smallest absolute Gasteiger partial charge is 0.0593 e. The molecule has 9 heavy (non-hydrogen) atoms. The standard InChI is InChI=1S/C8H8Si/c1-2-7-5-3-4-6-8(7)9/h2-6,9H,1H2. The fourth-order valence-corrected chi connectivity index (χ4v) is 1.02. The molecule has 0 bridgehead atoms. The van der Waals surface area contributed by atoms with Crippen molar-refractivity contribution in [1.29, 1.82) is 0 Å². The van der Waals surface area contributed by atoms with Gasteiger partial charge in [0.25, 0.3) is 0 Å². The van der Waals surface area contributed by atoms with E-state index in [0.717, 1.165) is 0 Å². The molecule has 0 aliphatic rings. The predicted octanol–water partition coefficient (Wildman–Crippen LogP) is 0.856. The molecular formula is C8H8Si. The average Bonchev–Trinajstić information content (AvgIpc) is 1.89. The van der Waals surface area contributed by atoms with Crippen LogP contribution in [0.4, 0.5) is 0 Å². The molecule has 2 radical (unpaired) electrons. The second-order valence-corrected chi connectivity index (χ2v) is 2.46. The van der Waals surface area contributed by atoms with Gasteiger partial charge in [-0.3, -0.25) is 0 Å². The van der Waals surface area contributed by atoms with Gasteiger partial charge in [-0.05, 0) is 5.56 Å². The molecule has 1 aromatic carbocycles. The van der Waals surface area contributed by atoms with Crippen molar-refractivity contribution in [2.75, 3.05) is 0 Å². The molecule has 0 spiro atoms. The van der Waals surface area contributed by atoms with Crippen LogP contribution in [0.5, 0.6) is 0 Å². The third kappa shape index (κ3) is 1.30. The summed E-state index contributed by atoms with van der Waals surface area (Å²) in [6.45, 7) is 3.68. The fourth-order valence-electron chi connectivity index (χ4n) is 0.697. The largest absolute Gasteiger partial charge is 0.0985 e. The zero-order chi connectivity index (χ0) is 6.69. The number of hydrogen-bond donors (Lipinski definition) is 0. The monoisotopic (exact) mass is 132 g/mol. The lowest BCUT2D eigenvalue weighted by Crippen LogP contribution is -2.04. The molecule has 44 valence electrons. The molecule has 0 amide bonds. The van der Waals surface area contributed by atoms with Crippen LogP contribution in [0, 0.1) is 0 Å². The Balaban J connectivity index is 3.15. The Labute approximate surface area is 58.6 Å². The first-order chi connectivity index (χ1) is 4.34. The summed E-state index contributed by atoms with van der Waals surface area (Å²) in [7, 11) is 2.66. The van der Waals surface area contributed by atoms with Crippen LogP contribution in [0.2, 0.25) is 0 Å². The number of benzene rings is 1. The van der Waals surface area contributed by atoms with E-state index in [1.807, 2.05) is 30.3 Å². The van der Waals surface area contributed by atoms with Crippen LogP contribution in [-0.2, 0) is 0 Å². The molecule has 0 aliphatic heterocycles. The maximum atomic E-state index is 3.68. The zero-order valence-corrected chi connectivity index (χ0v) is 6.33. The van der Waals surface area contributed by atoms with Crippen LogP contribution in [0.1, 0.15) is 5.56 Å². The predicted molar refractivity (Wildman–Crippen MR) is 43.3 cm³/mol. The summed E-state index contributed by atoms with van der Waals surface area (Å²) in [5.41, 5.74) is 1.18. The molecule has 0 atom stereocenters. The van der Waals surface area contributed by atoms with E-state index in [1.165, 1.54) is 10.8 Å². The van der Waals surface area contributed by atoms with Crippen molar-refractivity contribution < 1.29 is 0 Å². The molecule has 1 aromatic rings. The molecule has 0 N–H and O–H groups in total. The lowest BCUT2D eigenvalue weighted by Gasteiger charge is -1.95. The third-order valence-electron chi connectivity index (χ3n) is 1.22. The molecule has 0 aliphatic carbocycles. The van der Waals surface area contributed by atoms with Gasteiger partial charge in [0.1, 0.15) is 0 Å². The Morgan fingerprint density at radius 2 is 2.00 bits per heavy atom. The zero-order valence-electron chi connectivity index (χ0n) is 5.17. The quantitative estimate of drug-likeness (QED) is 0.497. The van der Waals surface area contributed by atoms with Gasteiger partial charge in [-0.25, -0.2) is 0 Å². The molecule has 0 aromatic heterocycles. The summed E-state index contributed by atoms with van der Waals surface area (Å²) in [5, 5.41) is 1.20. The van der Waals surface area contributed by atoms with Crippen molar-refractivity contribution in [1.82, 2.24) is 0 Å². The number of hydrogen-bond acceptors (Lipinski definition) is 0. The summed E-state index contributed by atoms with van der Waals surface area (Å²) in [4.78, 5) is 0. The fraction of sp³-hybridized carbons (Fsp3) is 0. The Bertz CT molecular complexity index is 216. The Morgan fingerprint density at radius 3 is 2.44 bits per heavy atom. The van der Waals surface area contributed by atoms with Gasteiger partial charge in [-0.1, -0.05) is 42.1 Å². The Kier molecular flexibility index (Phi) is 1.85. The van der Waals surface area contributed by atoms with E-state index in [-0.39, 0.29) is 0 Å². The van der Waals surface area contributed by atoms with Crippen molar-refractivity contribution in [2.45, 2.75) is 0 Å². The van der Waals surface area contributed by atoms with Crippen LogP contribution in [0.15, 0.2) is 30.8 Å². The Hall–Kier alpha value is -0.823. The van der Waals surface area contributed by atoms with E-state index in [4.69, 9.17) is 0 Å². The van der Waals surface area contributed by atoms with E-state index in [0.29, 0.717) is 0 Å². The van der Waals surface area contributed by atoms with Crippen molar-refractivity contribution in [2.24, 2.45) is 0 Å². The summed E-state index contributed by atoms with van der Waals surface area (Å²) in [6, 6.07) is 8.09. The molecule has 0 unspecified atom stereocenters. The van der Waals surface area contributed by atoms with E-state index >= 15 is 0 Å². The van der Waals surface area contributed by atoms with Crippen LogP contribution in [0.3, 0.4) is 0 Å². The highest BCUT2D eigenvalue weighted by molar-refractivity contribution is 6.34. The van der Waals surface area contributed by atoms with E-state index in [2.05, 4.69) is 16.8 Å². The van der Waals surface area contributed by atoms with Crippen molar-refractivity contribution >= 4 is 21.5 Å². The average molecular weight is 132 g/mol. The van der Waals surface area contributed by atoms with Gasteiger partial charge in [-0.2, -0.15) is 0 Å². The van der Waals surface area contributed by atoms with Crippen LogP contribution in [-0.4, -0.2) is 10.2 Å². The van der Waals surface area contributed by atoms with Gasteiger partial charge in [0, 0.05) is 0 Å². The van der Waals surface area contributed by atoms with Gasteiger partial charge >= 0.3 is 0 Å². The lowest BCUT2D eigenvalue weighted by molar-refractivity contribution is 1.72. The lowest BCUT2D eigenvalue weighted by atomic mass is 10.2. The minimum atomic E-state index is 1.18. The maximum Gasteiger partial charge on any atom is 0.0593 e. The minimum absolute atomic E-state index is 1.18. The second-order valence-electron chi connectivity index (χ2n) is 1.83. The first-order valence-electron chi connectivity index (χ1n) is 2.81. The molecule has 0 nitrogen and oxygen atoms in total. The summed E-state index contributed by atoms with van der Waals surface area (Å²) in [5.74, 6) is 0. The topological polar surface area (TPSA) is 0 Å². The summed E-state index contributed by atoms with van der Waals surface area (Å²) < 4.78 is 0. The molecule has 0 saturated heterocycles. The summed E-state index contributed by atoms with van der Waals surface area (Å²) in [6.07, 6.45) is 1.85. The van der Waals surface area contributed by atoms with Gasteiger partial charge < -0.3 is 0 Å². The van der Waals surface area contributed by atoms with Crippen molar-refractivity contribution in [3.8, 4) is 0 Å². The SMILES string of the molecule is C=Cc1ccccc1[SiH]. The molecule has 0 fully saturated rings. The Morgan fingerprint density at radius 1 is 1.33 bits per heavy atom. The third-order valence-corrected chi connectivity index (χ3v) is 1.74. The first-order valence-corrected chi connectivity index (χ1v) is 3.39. The van der Waals surface area contributed by atoms with Gasteiger partial charge in [0.15, 0.2) is 0 Å². The van der Waals surface area contributed by atoms with Crippen molar-refractivity contribution in [3.63, 3.8) is 0 Å². The highest BCUT2D eigenvalue weighted by atomic mass is 28.1. The second kappa shape index (κ2) is 2.64. The van der Waals surface area contributed by atoms with Gasteiger partial charge in [0.05, 0.1) is 10.2 Å². The molecule has 0 saturated carbocycles. The van der Waals surface area contributed by atoms with Gasteiger partial charge in [-0.15, -0.1) is 0 Å². The highest BCUT2D eigenvalue weighted by Gasteiger charge is 1.86. The molecule has 1 rings (SSSR count). The minimum Gasteiger partial charge on any atom is -0.0985 e. The van der Waals surface area contributed by atoms with E-state index in [9.17, 15) is 0 Å². The maximum absolute atomic E-state index is 3.68. The van der Waals surface area contributed by atoms with E-state index < -0.39 is 0 Å². The molecule has 1 heteroatoms. The van der Waals surface area contributed by atoms with Crippen LogP contribution in [0.25, 0.3) is 6.08 Å². The van der Waals surface area contributed by atoms with E-state index in [1.54, 1.807) is 0 Å². The number of rotatable bonds is 1. The van der Waals surface area contributed by atoms with Gasteiger partial charge in [0.2, 0.25) is 0 Å². The normalized spacial score (nSPS) is 9.00. The molecule has 0 heterocycles. The van der Waals surface area contributed by atoms with Crippen molar-refractivity contribution in [3.05, 3.63) is 36.4 Å². The van der Waals surface area contributed by atoms with Crippen LogP contribution < -0.4 is 5.19 Å². The highest BCUT2D eigenvalue weighted by Crippen LogP contribution is 1.94. The van der Waals surface area contributed by atoms with Crippen LogP contribution >= 0.6 is 0 Å².